The molecule has 0 aromatic carbocycles. The summed E-state index contributed by atoms with van der Waals surface area (Å²) >= 11 is 0. The van der Waals surface area contributed by atoms with E-state index in [1.54, 1.807) is 0 Å². The quantitative estimate of drug-likeness (QED) is 0.586. The average molecular weight is 184 g/mol. The Bertz CT molecular complexity index is 196. The van der Waals surface area contributed by atoms with E-state index in [0.29, 0.717) is 5.92 Å². The predicted octanol–water partition coefficient (Wildman–Crippen LogP) is 2.76. The normalized spacial score (nSPS) is 32.6. The number of hydrogen-bond donors (Lipinski definition) is 0. The van der Waals surface area contributed by atoms with Crippen LogP contribution in [0, 0.1) is 11.3 Å². The summed E-state index contributed by atoms with van der Waals surface area (Å²) in [5, 5.41) is 0. The maximum Gasteiger partial charge on any atom is 0.302 e. The lowest BCUT2D eigenvalue weighted by Gasteiger charge is -2.40. The van der Waals surface area contributed by atoms with Crippen LogP contribution < -0.4 is 0 Å². The van der Waals surface area contributed by atoms with Crippen LogP contribution in [0.3, 0.4) is 0 Å². The zero-order valence-corrected chi connectivity index (χ0v) is 9.09. The van der Waals surface area contributed by atoms with Gasteiger partial charge < -0.3 is 4.74 Å². The Labute approximate surface area is 80.7 Å². The van der Waals surface area contributed by atoms with Gasteiger partial charge in [-0.05, 0) is 25.2 Å². The van der Waals surface area contributed by atoms with Crippen molar-refractivity contribution in [2.24, 2.45) is 11.3 Å². The Balaban J connectivity index is 2.61. The highest BCUT2D eigenvalue weighted by Crippen LogP contribution is 2.39. The molecule has 0 saturated heterocycles. The molecule has 0 heterocycles. The monoisotopic (exact) mass is 184 g/mol. The Morgan fingerprint density at radius 2 is 2.08 bits per heavy atom. The number of hydrogen-bond acceptors (Lipinski definition) is 2. The van der Waals surface area contributed by atoms with Crippen molar-refractivity contribution in [3.8, 4) is 0 Å². The van der Waals surface area contributed by atoms with E-state index in [0.717, 1.165) is 12.8 Å². The van der Waals surface area contributed by atoms with Crippen molar-refractivity contribution in [1.29, 1.82) is 0 Å². The highest BCUT2D eigenvalue weighted by atomic mass is 16.5. The molecular formula is C11H20O2. The van der Waals surface area contributed by atoms with Gasteiger partial charge in [0, 0.05) is 12.3 Å². The minimum Gasteiger partial charge on any atom is -0.462 e. The summed E-state index contributed by atoms with van der Waals surface area (Å²) in [5.74, 6) is 0.546. The molecule has 0 amide bonds. The summed E-state index contributed by atoms with van der Waals surface area (Å²) in [6.45, 7) is 8.10. The van der Waals surface area contributed by atoms with E-state index in [4.69, 9.17) is 4.74 Å². The summed E-state index contributed by atoms with van der Waals surface area (Å²) in [7, 11) is 0. The molecule has 2 nitrogen and oxygen atoms in total. The molecule has 0 aliphatic heterocycles. The number of carbonyl (C=O) groups excluding carboxylic acids is 1. The Hall–Kier alpha value is -0.530. The van der Waals surface area contributed by atoms with Crippen molar-refractivity contribution in [3.05, 3.63) is 0 Å². The van der Waals surface area contributed by atoms with Gasteiger partial charge in [-0.25, -0.2) is 0 Å². The number of ether oxygens (including phenoxy) is 1. The van der Waals surface area contributed by atoms with Crippen LogP contribution in [0.5, 0.6) is 0 Å². The summed E-state index contributed by atoms with van der Waals surface area (Å²) in [5.41, 5.74) is 0.165. The van der Waals surface area contributed by atoms with Crippen LogP contribution >= 0.6 is 0 Å². The van der Waals surface area contributed by atoms with Gasteiger partial charge in [0.05, 0.1) is 0 Å². The first-order valence-corrected chi connectivity index (χ1v) is 5.09. The first kappa shape index (κ1) is 10.6. The summed E-state index contributed by atoms with van der Waals surface area (Å²) < 4.78 is 5.34. The fraction of sp³-hybridized carbons (Fsp3) is 0.909. The van der Waals surface area contributed by atoms with Crippen molar-refractivity contribution in [3.63, 3.8) is 0 Å². The molecule has 0 aromatic heterocycles. The molecule has 13 heavy (non-hydrogen) atoms. The van der Waals surface area contributed by atoms with Gasteiger partial charge in [0.2, 0.25) is 0 Å². The topological polar surface area (TPSA) is 26.3 Å². The zero-order chi connectivity index (χ0) is 10.1. The van der Waals surface area contributed by atoms with Gasteiger partial charge in [-0.2, -0.15) is 0 Å². The third-order valence-electron chi connectivity index (χ3n) is 3.08. The van der Waals surface area contributed by atoms with Crippen LogP contribution in [0.1, 0.15) is 47.0 Å². The van der Waals surface area contributed by atoms with Crippen LogP contribution in [-0.4, -0.2) is 12.1 Å². The molecule has 2 heteroatoms. The molecule has 0 spiro atoms. The van der Waals surface area contributed by atoms with Crippen molar-refractivity contribution in [2.75, 3.05) is 0 Å². The lowest BCUT2D eigenvalue weighted by molar-refractivity contribution is -0.156. The lowest BCUT2D eigenvalue weighted by atomic mass is 9.71. The Morgan fingerprint density at radius 3 is 2.62 bits per heavy atom. The van der Waals surface area contributed by atoms with Gasteiger partial charge in [0.15, 0.2) is 0 Å². The van der Waals surface area contributed by atoms with Crippen molar-refractivity contribution in [1.82, 2.24) is 0 Å². The molecule has 1 rings (SSSR count). The fourth-order valence-corrected chi connectivity index (χ4v) is 1.99. The molecular weight excluding hydrogens is 164 g/mol. The first-order chi connectivity index (χ1) is 5.92. The van der Waals surface area contributed by atoms with Crippen molar-refractivity contribution < 1.29 is 9.53 Å². The summed E-state index contributed by atoms with van der Waals surface area (Å²) in [6.07, 6.45) is 3.55. The number of esters is 1. The third-order valence-corrected chi connectivity index (χ3v) is 3.08. The molecule has 0 N–H and O–H groups in total. The van der Waals surface area contributed by atoms with E-state index in [9.17, 15) is 4.79 Å². The molecule has 0 bridgehead atoms. The standard InChI is InChI=1S/C11H20O2/c1-8-5-6-11(3,4)10(7-8)13-9(2)12/h8,10H,5-7H2,1-4H3. The van der Waals surface area contributed by atoms with Crippen LogP contribution in [0.4, 0.5) is 0 Å². The highest BCUT2D eigenvalue weighted by Gasteiger charge is 2.37. The molecule has 2 atom stereocenters. The molecule has 0 radical (unpaired) electrons. The maximum absolute atomic E-state index is 10.9. The van der Waals surface area contributed by atoms with Crippen LogP contribution in [0.25, 0.3) is 0 Å². The van der Waals surface area contributed by atoms with Gasteiger partial charge in [-0.1, -0.05) is 20.8 Å². The van der Waals surface area contributed by atoms with E-state index < -0.39 is 0 Å². The van der Waals surface area contributed by atoms with Crippen LogP contribution in [0.15, 0.2) is 0 Å². The summed E-state index contributed by atoms with van der Waals surface area (Å²) in [6, 6.07) is 0. The van der Waals surface area contributed by atoms with E-state index in [2.05, 4.69) is 20.8 Å². The van der Waals surface area contributed by atoms with Gasteiger partial charge in [0.25, 0.3) is 0 Å². The summed E-state index contributed by atoms with van der Waals surface area (Å²) in [4.78, 5) is 10.9. The maximum atomic E-state index is 10.9. The van der Waals surface area contributed by atoms with Crippen molar-refractivity contribution >= 4 is 5.97 Å². The minimum atomic E-state index is -0.146. The zero-order valence-electron chi connectivity index (χ0n) is 9.09. The minimum absolute atomic E-state index is 0.119. The fourth-order valence-electron chi connectivity index (χ4n) is 1.99. The number of rotatable bonds is 1. The third kappa shape index (κ3) is 2.71. The molecule has 1 saturated carbocycles. The second kappa shape index (κ2) is 3.69. The molecule has 0 aromatic rings. The Morgan fingerprint density at radius 1 is 1.46 bits per heavy atom. The van der Waals surface area contributed by atoms with Gasteiger partial charge in [0.1, 0.15) is 6.10 Å². The van der Waals surface area contributed by atoms with Crippen molar-refractivity contribution in [2.45, 2.75) is 53.1 Å². The van der Waals surface area contributed by atoms with Gasteiger partial charge in [-0.15, -0.1) is 0 Å². The molecule has 2 unspecified atom stereocenters. The second-order valence-corrected chi connectivity index (χ2v) is 4.97. The number of carbonyl (C=O) groups is 1. The second-order valence-electron chi connectivity index (χ2n) is 4.97. The lowest BCUT2D eigenvalue weighted by Crippen LogP contribution is -2.38. The first-order valence-electron chi connectivity index (χ1n) is 5.09. The van der Waals surface area contributed by atoms with E-state index >= 15 is 0 Å². The predicted molar refractivity (Wildman–Crippen MR) is 52.4 cm³/mol. The Kier molecular flexibility index (Phi) is 2.99. The molecule has 76 valence electrons. The molecule has 1 fully saturated rings. The van der Waals surface area contributed by atoms with Gasteiger partial charge >= 0.3 is 5.97 Å². The van der Waals surface area contributed by atoms with E-state index in [-0.39, 0.29) is 17.5 Å². The highest BCUT2D eigenvalue weighted by molar-refractivity contribution is 5.66. The average Bonchev–Trinajstić information content (AvgIpc) is 1.97. The molecule has 1 aliphatic carbocycles. The molecule has 1 aliphatic rings. The SMILES string of the molecule is CC(=O)OC1CC(C)CCC1(C)C. The van der Waals surface area contributed by atoms with Crippen LogP contribution in [-0.2, 0) is 9.53 Å². The largest absolute Gasteiger partial charge is 0.462 e. The van der Waals surface area contributed by atoms with E-state index in [1.807, 2.05) is 0 Å². The smallest absolute Gasteiger partial charge is 0.302 e. The van der Waals surface area contributed by atoms with Crippen LogP contribution in [0.2, 0.25) is 0 Å². The van der Waals surface area contributed by atoms with E-state index in [1.165, 1.54) is 13.3 Å². The van der Waals surface area contributed by atoms with Gasteiger partial charge in [-0.3, -0.25) is 4.79 Å².